The number of hydrogen-bond acceptors (Lipinski definition) is 3. The lowest BCUT2D eigenvalue weighted by molar-refractivity contribution is -0.148. The molecular weight excluding hydrogens is 314 g/mol. The average Bonchev–Trinajstić information content (AvgIpc) is 2.62. The Morgan fingerprint density at radius 2 is 1.87 bits per heavy atom. The Hall–Kier alpha value is -1.88. The molecule has 0 radical (unpaired) electrons. The van der Waals surface area contributed by atoms with Gasteiger partial charge in [0, 0.05) is 17.1 Å². The van der Waals surface area contributed by atoms with Crippen LogP contribution in [0.4, 0.5) is 0 Å². The normalized spacial score (nSPS) is 19.4. The van der Waals surface area contributed by atoms with Crippen molar-refractivity contribution in [1.29, 1.82) is 0 Å². The van der Waals surface area contributed by atoms with Gasteiger partial charge in [-0.25, -0.2) is 0 Å². The SMILES string of the molecule is O=C(C(O)c1ccccc1)N1CCOC(c2ccccc2Cl)C1. The first-order valence-corrected chi connectivity index (χ1v) is 7.92. The van der Waals surface area contributed by atoms with E-state index in [0.717, 1.165) is 5.56 Å². The lowest BCUT2D eigenvalue weighted by Crippen LogP contribution is -2.44. The Morgan fingerprint density at radius 1 is 1.17 bits per heavy atom. The number of amides is 1. The Labute approximate surface area is 140 Å². The quantitative estimate of drug-likeness (QED) is 0.940. The number of halogens is 1. The van der Waals surface area contributed by atoms with Crippen molar-refractivity contribution < 1.29 is 14.6 Å². The van der Waals surface area contributed by atoms with E-state index in [1.807, 2.05) is 24.3 Å². The predicted octanol–water partition coefficient (Wildman–Crippen LogP) is 2.97. The van der Waals surface area contributed by atoms with Gasteiger partial charge >= 0.3 is 0 Å². The molecule has 1 N–H and O–H groups in total. The minimum Gasteiger partial charge on any atom is -0.378 e. The fraction of sp³-hybridized carbons (Fsp3) is 0.278. The number of morpholine rings is 1. The maximum absolute atomic E-state index is 12.5. The topological polar surface area (TPSA) is 49.8 Å². The van der Waals surface area contributed by atoms with Crippen LogP contribution in [0.15, 0.2) is 54.6 Å². The van der Waals surface area contributed by atoms with Gasteiger partial charge in [0.15, 0.2) is 6.10 Å². The van der Waals surface area contributed by atoms with E-state index in [2.05, 4.69) is 0 Å². The number of aliphatic hydroxyl groups excluding tert-OH is 1. The van der Waals surface area contributed by atoms with Crippen LogP contribution in [-0.2, 0) is 9.53 Å². The van der Waals surface area contributed by atoms with Crippen molar-refractivity contribution >= 4 is 17.5 Å². The second-order valence-electron chi connectivity index (χ2n) is 5.48. The van der Waals surface area contributed by atoms with Crippen LogP contribution in [0.3, 0.4) is 0 Å². The molecule has 2 aromatic carbocycles. The monoisotopic (exact) mass is 331 g/mol. The number of carbonyl (C=O) groups is 1. The molecule has 1 amide bonds. The highest BCUT2D eigenvalue weighted by Gasteiger charge is 2.30. The molecule has 1 heterocycles. The molecule has 5 heteroatoms. The standard InChI is InChI=1S/C18H18ClNO3/c19-15-9-5-4-8-14(15)16-12-20(10-11-23-16)18(22)17(21)13-6-2-1-3-7-13/h1-9,16-17,21H,10-12H2. The largest absolute Gasteiger partial charge is 0.378 e. The summed E-state index contributed by atoms with van der Waals surface area (Å²) >= 11 is 6.21. The van der Waals surface area contributed by atoms with E-state index in [4.69, 9.17) is 16.3 Å². The highest BCUT2D eigenvalue weighted by Crippen LogP contribution is 2.29. The van der Waals surface area contributed by atoms with Crippen molar-refractivity contribution in [2.24, 2.45) is 0 Å². The summed E-state index contributed by atoms with van der Waals surface area (Å²) in [4.78, 5) is 14.2. The highest BCUT2D eigenvalue weighted by molar-refractivity contribution is 6.31. The van der Waals surface area contributed by atoms with E-state index in [0.29, 0.717) is 30.3 Å². The summed E-state index contributed by atoms with van der Waals surface area (Å²) in [6, 6.07) is 16.4. The third kappa shape index (κ3) is 3.55. The maximum Gasteiger partial charge on any atom is 0.256 e. The van der Waals surface area contributed by atoms with Crippen LogP contribution >= 0.6 is 11.6 Å². The Morgan fingerprint density at radius 3 is 2.61 bits per heavy atom. The van der Waals surface area contributed by atoms with Gasteiger partial charge < -0.3 is 14.7 Å². The summed E-state index contributed by atoms with van der Waals surface area (Å²) < 4.78 is 5.75. The predicted molar refractivity (Wildman–Crippen MR) is 88.1 cm³/mol. The van der Waals surface area contributed by atoms with Gasteiger partial charge in [-0.15, -0.1) is 0 Å². The highest BCUT2D eigenvalue weighted by atomic mass is 35.5. The van der Waals surface area contributed by atoms with Gasteiger partial charge in [-0.3, -0.25) is 4.79 Å². The van der Waals surface area contributed by atoms with E-state index in [-0.39, 0.29) is 12.0 Å². The number of benzene rings is 2. The fourth-order valence-corrected chi connectivity index (χ4v) is 2.98. The van der Waals surface area contributed by atoms with E-state index in [1.54, 1.807) is 35.2 Å². The molecule has 1 fully saturated rings. The molecule has 1 saturated heterocycles. The van der Waals surface area contributed by atoms with Gasteiger partial charge in [-0.2, -0.15) is 0 Å². The molecule has 0 aromatic heterocycles. The van der Waals surface area contributed by atoms with Gasteiger partial charge in [-0.1, -0.05) is 60.1 Å². The summed E-state index contributed by atoms with van der Waals surface area (Å²) in [6.45, 7) is 1.26. The summed E-state index contributed by atoms with van der Waals surface area (Å²) in [5, 5.41) is 10.9. The van der Waals surface area contributed by atoms with Gasteiger partial charge in [0.05, 0.1) is 13.2 Å². The minimum atomic E-state index is -1.15. The molecule has 2 aromatic rings. The fourth-order valence-electron chi connectivity index (χ4n) is 2.72. The van der Waals surface area contributed by atoms with Crippen molar-refractivity contribution in [2.75, 3.05) is 19.7 Å². The van der Waals surface area contributed by atoms with Crippen molar-refractivity contribution in [3.05, 3.63) is 70.7 Å². The number of hydrogen-bond donors (Lipinski definition) is 1. The summed E-state index contributed by atoms with van der Waals surface area (Å²) in [6.07, 6.45) is -1.43. The number of rotatable bonds is 3. The molecular formula is C18H18ClNO3. The molecule has 0 bridgehead atoms. The molecule has 23 heavy (non-hydrogen) atoms. The molecule has 120 valence electrons. The van der Waals surface area contributed by atoms with Crippen LogP contribution in [-0.4, -0.2) is 35.6 Å². The van der Waals surface area contributed by atoms with Gasteiger partial charge in [0.2, 0.25) is 0 Å². The Kier molecular flexibility index (Phi) is 4.96. The van der Waals surface area contributed by atoms with Crippen LogP contribution in [0, 0.1) is 0 Å². The van der Waals surface area contributed by atoms with Crippen LogP contribution in [0.25, 0.3) is 0 Å². The second kappa shape index (κ2) is 7.13. The van der Waals surface area contributed by atoms with E-state index >= 15 is 0 Å². The zero-order valence-electron chi connectivity index (χ0n) is 12.6. The number of nitrogens with zero attached hydrogens (tertiary/aromatic N) is 1. The van der Waals surface area contributed by atoms with Crippen molar-refractivity contribution in [3.8, 4) is 0 Å². The average molecular weight is 332 g/mol. The molecule has 4 nitrogen and oxygen atoms in total. The van der Waals surface area contributed by atoms with Crippen molar-refractivity contribution in [3.63, 3.8) is 0 Å². The first-order chi connectivity index (χ1) is 11.2. The lowest BCUT2D eigenvalue weighted by Gasteiger charge is -2.34. The molecule has 1 aliphatic rings. The molecule has 2 atom stereocenters. The van der Waals surface area contributed by atoms with Crippen LogP contribution in [0.5, 0.6) is 0 Å². The summed E-state index contributed by atoms with van der Waals surface area (Å²) in [5.74, 6) is -0.309. The van der Waals surface area contributed by atoms with Gasteiger partial charge in [-0.05, 0) is 11.6 Å². The van der Waals surface area contributed by atoms with E-state index < -0.39 is 6.10 Å². The van der Waals surface area contributed by atoms with E-state index in [9.17, 15) is 9.90 Å². The summed E-state index contributed by atoms with van der Waals surface area (Å²) in [7, 11) is 0. The zero-order valence-corrected chi connectivity index (χ0v) is 13.3. The van der Waals surface area contributed by atoms with Gasteiger partial charge in [0.25, 0.3) is 5.91 Å². The second-order valence-corrected chi connectivity index (χ2v) is 5.89. The van der Waals surface area contributed by atoms with Gasteiger partial charge in [0.1, 0.15) is 6.10 Å². The zero-order chi connectivity index (χ0) is 16.2. The first kappa shape index (κ1) is 16.0. The van der Waals surface area contributed by atoms with Crippen LogP contribution in [0.2, 0.25) is 5.02 Å². The molecule has 1 aliphatic heterocycles. The minimum absolute atomic E-state index is 0.274. The third-order valence-electron chi connectivity index (χ3n) is 3.98. The molecule has 0 spiro atoms. The summed E-state index contributed by atoms with van der Waals surface area (Å²) in [5.41, 5.74) is 1.46. The Balaban J connectivity index is 1.73. The smallest absolute Gasteiger partial charge is 0.256 e. The number of aliphatic hydroxyl groups is 1. The van der Waals surface area contributed by atoms with Crippen molar-refractivity contribution in [2.45, 2.75) is 12.2 Å². The van der Waals surface area contributed by atoms with E-state index in [1.165, 1.54) is 0 Å². The molecule has 0 saturated carbocycles. The maximum atomic E-state index is 12.5. The van der Waals surface area contributed by atoms with Crippen molar-refractivity contribution in [1.82, 2.24) is 4.90 Å². The molecule has 2 unspecified atom stereocenters. The Bertz CT molecular complexity index is 677. The lowest BCUT2D eigenvalue weighted by atomic mass is 10.1. The number of ether oxygens (including phenoxy) is 1. The van der Waals surface area contributed by atoms with Crippen LogP contribution < -0.4 is 0 Å². The molecule has 3 rings (SSSR count). The van der Waals surface area contributed by atoms with Crippen LogP contribution in [0.1, 0.15) is 23.3 Å². The first-order valence-electron chi connectivity index (χ1n) is 7.54. The third-order valence-corrected chi connectivity index (χ3v) is 4.32. The number of carbonyl (C=O) groups excluding carboxylic acids is 1. The molecule has 0 aliphatic carbocycles.